The molecule has 1 aliphatic rings. The van der Waals surface area contributed by atoms with Crippen LogP contribution >= 0.6 is 0 Å². The van der Waals surface area contributed by atoms with Gasteiger partial charge >= 0.3 is 0 Å². The number of carbonyl (C=O) groups is 1. The summed E-state index contributed by atoms with van der Waals surface area (Å²) in [6.45, 7) is 5.54. The van der Waals surface area contributed by atoms with Crippen LogP contribution in [0.4, 0.5) is 0 Å². The quantitative estimate of drug-likeness (QED) is 0.661. The summed E-state index contributed by atoms with van der Waals surface area (Å²) in [6.07, 6.45) is 2.15. The molecule has 5 nitrogen and oxygen atoms in total. The van der Waals surface area contributed by atoms with Gasteiger partial charge in [-0.25, -0.2) is 0 Å². The van der Waals surface area contributed by atoms with E-state index in [1.54, 1.807) is 6.92 Å². The average Bonchev–Trinajstić information content (AvgIpc) is 2.45. The molecule has 114 valence electrons. The Bertz CT molecular complexity index is 552. The van der Waals surface area contributed by atoms with Gasteiger partial charge in [0, 0.05) is 11.6 Å². The maximum atomic E-state index is 11.9. The highest BCUT2D eigenvalue weighted by Crippen LogP contribution is 2.26. The minimum atomic E-state index is -0.566. The lowest BCUT2D eigenvalue weighted by atomic mass is 9.90. The van der Waals surface area contributed by atoms with Gasteiger partial charge in [0.1, 0.15) is 5.75 Å². The standard InChI is InChI=1S/C16H22N2O3/c1-10(2)17-16(19)11(3)21-13-8-7-12-5-4-6-15(18-20)14(12)9-13/h7-11,20H,4-6H2,1-3H3,(H,17,19)/b18-15-. The molecule has 0 bridgehead atoms. The minimum Gasteiger partial charge on any atom is -0.481 e. The Kier molecular flexibility index (Phi) is 4.83. The molecule has 1 aliphatic carbocycles. The van der Waals surface area contributed by atoms with Crippen LogP contribution in [-0.4, -0.2) is 29.0 Å². The fourth-order valence-electron chi connectivity index (χ4n) is 2.46. The van der Waals surface area contributed by atoms with Crippen molar-refractivity contribution in [2.24, 2.45) is 5.16 Å². The number of hydrogen-bond acceptors (Lipinski definition) is 4. The maximum absolute atomic E-state index is 11.9. The zero-order valence-corrected chi connectivity index (χ0v) is 12.7. The van der Waals surface area contributed by atoms with E-state index in [0.29, 0.717) is 11.5 Å². The van der Waals surface area contributed by atoms with E-state index in [0.717, 1.165) is 30.4 Å². The predicted octanol–water partition coefficient (Wildman–Crippen LogP) is 2.49. The molecule has 1 aromatic carbocycles. The van der Waals surface area contributed by atoms with Crippen LogP contribution in [0.25, 0.3) is 0 Å². The summed E-state index contributed by atoms with van der Waals surface area (Å²) in [4.78, 5) is 11.9. The number of aryl methyl sites for hydroxylation is 1. The molecule has 0 saturated carbocycles. The van der Waals surface area contributed by atoms with E-state index in [-0.39, 0.29) is 11.9 Å². The van der Waals surface area contributed by atoms with Crippen LogP contribution in [0.3, 0.4) is 0 Å². The van der Waals surface area contributed by atoms with Crippen molar-refractivity contribution in [3.63, 3.8) is 0 Å². The summed E-state index contributed by atoms with van der Waals surface area (Å²) in [5, 5.41) is 15.3. The number of fused-ring (bicyclic) bond motifs is 1. The molecule has 5 heteroatoms. The van der Waals surface area contributed by atoms with Crippen molar-refractivity contribution >= 4 is 11.6 Å². The van der Waals surface area contributed by atoms with Crippen LogP contribution in [-0.2, 0) is 11.2 Å². The Morgan fingerprint density at radius 3 is 2.76 bits per heavy atom. The van der Waals surface area contributed by atoms with E-state index >= 15 is 0 Å². The summed E-state index contributed by atoms with van der Waals surface area (Å²) in [7, 11) is 0. The lowest BCUT2D eigenvalue weighted by Crippen LogP contribution is -2.40. The highest BCUT2D eigenvalue weighted by molar-refractivity contribution is 6.02. The van der Waals surface area contributed by atoms with E-state index < -0.39 is 6.10 Å². The van der Waals surface area contributed by atoms with Gasteiger partial charge < -0.3 is 15.3 Å². The molecule has 1 unspecified atom stereocenters. The third kappa shape index (κ3) is 3.74. The summed E-state index contributed by atoms with van der Waals surface area (Å²) < 4.78 is 5.69. The first-order chi connectivity index (χ1) is 10.0. The van der Waals surface area contributed by atoms with Crippen LogP contribution < -0.4 is 10.1 Å². The summed E-state index contributed by atoms with van der Waals surface area (Å²) in [5.74, 6) is 0.474. The molecule has 0 heterocycles. The lowest BCUT2D eigenvalue weighted by Gasteiger charge is -2.20. The van der Waals surface area contributed by atoms with Crippen molar-refractivity contribution in [3.8, 4) is 5.75 Å². The second-order valence-corrected chi connectivity index (χ2v) is 5.64. The number of rotatable bonds is 4. The normalized spacial score (nSPS) is 17.4. The van der Waals surface area contributed by atoms with Crippen molar-refractivity contribution in [2.75, 3.05) is 0 Å². The molecule has 0 aliphatic heterocycles. The lowest BCUT2D eigenvalue weighted by molar-refractivity contribution is -0.127. The Morgan fingerprint density at radius 2 is 2.10 bits per heavy atom. The number of nitrogens with one attached hydrogen (secondary N) is 1. The molecule has 1 aromatic rings. The van der Waals surface area contributed by atoms with Gasteiger partial charge in [-0.1, -0.05) is 11.2 Å². The van der Waals surface area contributed by atoms with Gasteiger partial charge in [0.05, 0.1) is 5.71 Å². The third-order valence-corrected chi connectivity index (χ3v) is 3.49. The second kappa shape index (κ2) is 6.61. The molecule has 0 fully saturated rings. The van der Waals surface area contributed by atoms with E-state index in [2.05, 4.69) is 10.5 Å². The molecule has 2 rings (SSSR count). The monoisotopic (exact) mass is 290 g/mol. The van der Waals surface area contributed by atoms with Crippen LogP contribution in [0.2, 0.25) is 0 Å². The molecule has 1 amide bonds. The SMILES string of the molecule is CC(C)NC(=O)C(C)Oc1ccc2c(c1)/C(=N\O)CCC2. The average molecular weight is 290 g/mol. The molecule has 0 spiro atoms. The Labute approximate surface area is 125 Å². The van der Waals surface area contributed by atoms with E-state index in [1.165, 1.54) is 0 Å². The number of amides is 1. The predicted molar refractivity (Wildman–Crippen MR) is 81.1 cm³/mol. The van der Waals surface area contributed by atoms with Crippen LogP contribution in [0, 0.1) is 0 Å². The fourth-order valence-corrected chi connectivity index (χ4v) is 2.46. The number of nitrogens with zero attached hydrogens (tertiary/aromatic N) is 1. The minimum absolute atomic E-state index is 0.0835. The summed E-state index contributed by atoms with van der Waals surface area (Å²) in [5.41, 5.74) is 2.75. The summed E-state index contributed by atoms with van der Waals surface area (Å²) in [6, 6.07) is 5.77. The zero-order valence-electron chi connectivity index (χ0n) is 12.7. The Hall–Kier alpha value is -2.04. The molecule has 0 saturated heterocycles. The number of oxime groups is 1. The van der Waals surface area contributed by atoms with Crippen LogP contribution in [0.5, 0.6) is 5.75 Å². The molecule has 2 N–H and O–H groups in total. The summed E-state index contributed by atoms with van der Waals surface area (Å²) >= 11 is 0. The van der Waals surface area contributed by atoms with E-state index in [4.69, 9.17) is 9.94 Å². The van der Waals surface area contributed by atoms with Gasteiger partial charge in [0.2, 0.25) is 0 Å². The molecule has 0 aromatic heterocycles. The van der Waals surface area contributed by atoms with Crippen molar-refractivity contribution in [1.29, 1.82) is 0 Å². The fraction of sp³-hybridized carbons (Fsp3) is 0.500. The molecule has 21 heavy (non-hydrogen) atoms. The van der Waals surface area contributed by atoms with Crippen LogP contribution in [0.1, 0.15) is 44.7 Å². The highest BCUT2D eigenvalue weighted by atomic mass is 16.5. The van der Waals surface area contributed by atoms with Gasteiger partial charge in [-0.2, -0.15) is 0 Å². The Balaban J connectivity index is 2.13. The number of benzene rings is 1. The first-order valence-electron chi connectivity index (χ1n) is 7.32. The number of carbonyl (C=O) groups excluding carboxylic acids is 1. The second-order valence-electron chi connectivity index (χ2n) is 5.64. The van der Waals surface area contributed by atoms with Crippen molar-refractivity contribution in [2.45, 2.75) is 52.2 Å². The Morgan fingerprint density at radius 1 is 1.33 bits per heavy atom. The van der Waals surface area contributed by atoms with Gasteiger partial charge in [-0.3, -0.25) is 4.79 Å². The zero-order chi connectivity index (χ0) is 15.4. The first kappa shape index (κ1) is 15.4. The van der Waals surface area contributed by atoms with Gasteiger partial charge in [0.25, 0.3) is 5.91 Å². The van der Waals surface area contributed by atoms with Gasteiger partial charge in [-0.15, -0.1) is 0 Å². The maximum Gasteiger partial charge on any atom is 0.260 e. The number of hydrogen-bond donors (Lipinski definition) is 2. The van der Waals surface area contributed by atoms with E-state index in [1.807, 2.05) is 32.0 Å². The largest absolute Gasteiger partial charge is 0.481 e. The molecular formula is C16H22N2O3. The molecule has 1 atom stereocenters. The smallest absolute Gasteiger partial charge is 0.260 e. The van der Waals surface area contributed by atoms with Gasteiger partial charge in [0.15, 0.2) is 6.10 Å². The van der Waals surface area contributed by atoms with Gasteiger partial charge in [-0.05, 0) is 57.7 Å². The molecule has 0 radical (unpaired) electrons. The molecular weight excluding hydrogens is 268 g/mol. The van der Waals surface area contributed by atoms with Crippen LogP contribution in [0.15, 0.2) is 23.4 Å². The van der Waals surface area contributed by atoms with Crippen molar-refractivity contribution in [1.82, 2.24) is 5.32 Å². The topological polar surface area (TPSA) is 70.9 Å². The third-order valence-electron chi connectivity index (χ3n) is 3.49. The first-order valence-corrected chi connectivity index (χ1v) is 7.32. The van der Waals surface area contributed by atoms with Crippen molar-refractivity contribution < 1.29 is 14.7 Å². The van der Waals surface area contributed by atoms with Crippen molar-refractivity contribution in [3.05, 3.63) is 29.3 Å². The highest BCUT2D eigenvalue weighted by Gasteiger charge is 2.19. The number of ether oxygens (including phenoxy) is 1. The van der Waals surface area contributed by atoms with E-state index in [9.17, 15) is 4.79 Å².